The van der Waals surface area contributed by atoms with Gasteiger partial charge in [0, 0.05) is 24.7 Å². The molecule has 5 nitrogen and oxygen atoms in total. The molecular weight excluding hydrogens is 458 g/mol. The maximum Gasteiger partial charge on any atom is 0.251 e. The van der Waals surface area contributed by atoms with Crippen LogP contribution in [0, 0.1) is 23.7 Å². The van der Waals surface area contributed by atoms with Gasteiger partial charge in [-0.3, -0.25) is 9.59 Å². The molecule has 4 bridgehead atoms. The number of nitrogens with one attached hydrogen (secondary N) is 1. The number of benzene rings is 1. The van der Waals surface area contributed by atoms with Gasteiger partial charge in [0.15, 0.2) is 0 Å². The van der Waals surface area contributed by atoms with Gasteiger partial charge < -0.3 is 15.1 Å². The number of carbonyl (C=O) groups excluding carboxylic acids is 2. The van der Waals surface area contributed by atoms with Crippen LogP contribution in [-0.2, 0) is 10.2 Å². The number of amides is 2. The number of hydrogen-bond donors (Lipinski definition) is 1. The van der Waals surface area contributed by atoms with E-state index < -0.39 is 6.04 Å². The fourth-order valence-corrected chi connectivity index (χ4v) is 9.11. The summed E-state index contributed by atoms with van der Waals surface area (Å²) in [6.45, 7) is 8.12. The van der Waals surface area contributed by atoms with Crippen molar-refractivity contribution in [3.63, 3.8) is 0 Å². The molecule has 0 aromatic heterocycles. The molecule has 5 heteroatoms. The van der Waals surface area contributed by atoms with E-state index in [1.807, 2.05) is 30.9 Å². The van der Waals surface area contributed by atoms with Crippen molar-refractivity contribution >= 4 is 11.8 Å². The third-order valence-electron chi connectivity index (χ3n) is 10.7. The van der Waals surface area contributed by atoms with E-state index in [0.717, 1.165) is 43.7 Å². The van der Waals surface area contributed by atoms with Crippen molar-refractivity contribution in [3.8, 4) is 0 Å². The van der Waals surface area contributed by atoms with Crippen molar-refractivity contribution in [2.45, 2.75) is 102 Å². The average molecular weight is 506 g/mol. The molecule has 6 fully saturated rings. The van der Waals surface area contributed by atoms with Crippen LogP contribution in [0.25, 0.3) is 0 Å². The van der Waals surface area contributed by atoms with E-state index in [-0.39, 0.29) is 17.7 Å². The van der Waals surface area contributed by atoms with Gasteiger partial charge in [-0.1, -0.05) is 32.4 Å². The van der Waals surface area contributed by atoms with Gasteiger partial charge in [-0.2, -0.15) is 0 Å². The lowest BCUT2D eigenvalue weighted by molar-refractivity contribution is -0.136. The molecule has 37 heavy (non-hydrogen) atoms. The summed E-state index contributed by atoms with van der Waals surface area (Å²) in [4.78, 5) is 31.4. The Morgan fingerprint density at radius 3 is 1.95 bits per heavy atom. The molecule has 1 unspecified atom stereocenters. The molecule has 1 aromatic rings. The van der Waals surface area contributed by atoms with Crippen LogP contribution in [0.3, 0.4) is 0 Å². The number of carbonyl (C=O) groups is 2. The Kier molecular flexibility index (Phi) is 7.11. The summed E-state index contributed by atoms with van der Waals surface area (Å²) in [5, 5.41) is 3.12. The second-order valence-corrected chi connectivity index (χ2v) is 13.6. The van der Waals surface area contributed by atoms with E-state index in [4.69, 9.17) is 0 Å². The van der Waals surface area contributed by atoms with Crippen molar-refractivity contribution in [2.75, 3.05) is 26.2 Å². The van der Waals surface area contributed by atoms with Crippen molar-refractivity contribution in [2.24, 2.45) is 23.7 Å². The molecule has 2 saturated heterocycles. The molecule has 2 aliphatic heterocycles. The Morgan fingerprint density at radius 1 is 0.838 bits per heavy atom. The molecule has 1 aromatic carbocycles. The zero-order chi connectivity index (χ0) is 25.6. The van der Waals surface area contributed by atoms with Crippen LogP contribution in [0.1, 0.15) is 100 Å². The highest BCUT2D eigenvalue weighted by molar-refractivity contribution is 5.97. The first-order valence-corrected chi connectivity index (χ1v) is 15.3. The third kappa shape index (κ3) is 5.10. The lowest BCUT2D eigenvalue weighted by Crippen LogP contribution is -2.55. The Hall–Kier alpha value is -1.88. The van der Waals surface area contributed by atoms with Gasteiger partial charge >= 0.3 is 0 Å². The van der Waals surface area contributed by atoms with Crippen LogP contribution in [0.5, 0.6) is 0 Å². The number of rotatable bonds is 6. The smallest absolute Gasteiger partial charge is 0.251 e. The molecule has 4 aliphatic carbocycles. The first-order valence-electron chi connectivity index (χ1n) is 15.3. The molecular formula is C32H47N3O2. The number of piperidine rings is 2. The van der Waals surface area contributed by atoms with Gasteiger partial charge in [0.25, 0.3) is 5.91 Å². The first-order chi connectivity index (χ1) is 17.9. The second kappa shape index (κ2) is 10.4. The monoisotopic (exact) mass is 505 g/mol. The zero-order valence-electron chi connectivity index (χ0n) is 23.1. The van der Waals surface area contributed by atoms with E-state index in [1.54, 1.807) is 0 Å². The lowest BCUT2D eigenvalue weighted by Gasteiger charge is -2.57. The van der Waals surface area contributed by atoms with Crippen LogP contribution in [0.15, 0.2) is 24.3 Å². The minimum atomic E-state index is -0.470. The molecule has 1 atom stereocenters. The lowest BCUT2D eigenvalue weighted by atomic mass is 9.48. The fraction of sp³-hybridized carbons (Fsp3) is 0.750. The third-order valence-corrected chi connectivity index (χ3v) is 10.7. The van der Waals surface area contributed by atoms with Crippen molar-refractivity contribution < 1.29 is 9.59 Å². The van der Waals surface area contributed by atoms with Gasteiger partial charge in [-0.15, -0.1) is 0 Å². The second-order valence-electron chi connectivity index (χ2n) is 13.6. The SMILES string of the molecule is CC(C)C(NC(=O)c1ccc(C23CC4CC(CC(C4)C2)C3)cc1)C(=O)N1CCC(N2CCCCC2)CC1. The first kappa shape index (κ1) is 25.4. The Morgan fingerprint density at radius 2 is 1.41 bits per heavy atom. The summed E-state index contributed by atoms with van der Waals surface area (Å²) < 4.78 is 0. The van der Waals surface area contributed by atoms with E-state index in [1.165, 1.54) is 76.4 Å². The summed E-state index contributed by atoms with van der Waals surface area (Å²) >= 11 is 0. The Bertz CT molecular complexity index is 937. The summed E-state index contributed by atoms with van der Waals surface area (Å²) in [5.74, 6) is 2.77. The van der Waals surface area contributed by atoms with Crippen molar-refractivity contribution in [3.05, 3.63) is 35.4 Å². The molecule has 7 rings (SSSR count). The van der Waals surface area contributed by atoms with E-state index in [9.17, 15) is 9.59 Å². The standard InChI is InChI=1S/C32H47N3O2/c1-22(2)29(31(37)35-14-10-28(11-15-35)34-12-4-3-5-13-34)33-30(36)26-6-8-27(9-7-26)32-19-23-16-24(20-32)18-25(17-23)21-32/h6-9,22-25,28-29H,3-5,10-21H2,1-2H3,(H,33,36). The van der Waals surface area contributed by atoms with Gasteiger partial charge in [0.2, 0.25) is 5.91 Å². The van der Waals surface area contributed by atoms with Gasteiger partial charge in [0.05, 0.1) is 0 Å². The predicted octanol–water partition coefficient (Wildman–Crippen LogP) is 5.39. The minimum absolute atomic E-state index is 0.0579. The Balaban J connectivity index is 1.07. The topological polar surface area (TPSA) is 52.7 Å². The Labute approximate surface area is 223 Å². The summed E-state index contributed by atoms with van der Waals surface area (Å²) in [6, 6.07) is 8.61. The average Bonchev–Trinajstić information content (AvgIpc) is 2.91. The van der Waals surface area contributed by atoms with Gasteiger partial charge in [-0.25, -0.2) is 0 Å². The quantitative estimate of drug-likeness (QED) is 0.564. The molecule has 202 valence electrons. The van der Waals surface area contributed by atoms with Crippen molar-refractivity contribution in [1.82, 2.24) is 15.1 Å². The van der Waals surface area contributed by atoms with Crippen LogP contribution < -0.4 is 5.32 Å². The van der Waals surface area contributed by atoms with Gasteiger partial charge in [0.1, 0.15) is 6.04 Å². The number of hydrogen-bond acceptors (Lipinski definition) is 3. The largest absolute Gasteiger partial charge is 0.341 e. The molecule has 2 amide bonds. The molecule has 2 heterocycles. The highest BCUT2D eigenvalue weighted by Crippen LogP contribution is 2.60. The summed E-state index contributed by atoms with van der Waals surface area (Å²) in [6.07, 6.45) is 14.4. The highest BCUT2D eigenvalue weighted by Gasteiger charge is 2.51. The predicted molar refractivity (Wildman–Crippen MR) is 147 cm³/mol. The van der Waals surface area contributed by atoms with E-state index >= 15 is 0 Å². The van der Waals surface area contributed by atoms with Crippen molar-refractivity contribution in [1.29, 1.82) is 0 Å². The maximum absolute atomic E-state index is 13.5. The van der Waals surface area contributed by atoms with Crippen LogP contribution in [0.4, 0.5) is 0 Å². The van der Waals surface area contributed by atoms with Crippen LogP contribution in [-0.4, -0.2) is 59.9 Å². The fourth-order valence-electron chi connectivity index (χ4n) is 9.11. The molecule has 0 radical (unpaired) electrons. The van der Waals surface area contributed by atoms with Crippen LogP contribution in [0.2, 0.25) is 0 Å². The number of likely N-dealkylation sites (tertiary alicyclic amines) is 2. The molecule has 1 N–H and O–H groups in total. The molecule has 4 saturated carbocycles. The van der Waals surface area contributed by atoms with Gasteiger partial charge in [-0.05, 0) is 124 Å². The number of nitrogens with zero attached hydrogens (tertiary/aromatic N) is 2. The zero-order valence-corrected chi connectivity index (χ0v) is 23.1. The van der Waals surface area contributed by atoms with E-state index in [2.05, 4.69) is 22.3 Å². The summed E-state index contributed by atoms with van der Waals surface area (Å²) in [5.41, 5.74) is 2.47. The summed E-state index contributed by atoms with van der Waals surface area (Å²) in [7, 11) is 0. The van der Waals surface area contributed by atoms with E-state index in [0.29, 0.717) is 17.0 Å². The highest BCUT2D eigenvalue weighted by atomic mass is 16.2. The van der Waals surface area contributed by atoms with Crippen LogP contribution >= 0.6 is 0 Å². The minimum Gasteiger partial charge on any atom is -0.341 e. The maximum atomic E-state index is 13.5. The molecule has 0 spiro atoms. The molecule has 6 aliphatic rings. The normalized spacial score (nSPS) is 33.1.